The molecule has 9 heteroatoms. The number of rotatable bonds is 6. The molecule has 0 fully saturated rings. The lowest BCUT2D eigenvalue weighted by atomic mass is 10.2. The Bertz CT molecular complexity index is 578. The van der Waals surface area contributed by atoms with Crippen molar-refractivity contribution < 1.29 is 13.5 Å². The number of nitrogen functional groups attached to an aromatic ring is 1. The van der Waals surface area contributed by atoms with Gasteiger partial charge in [0.25, 0.3) is 6.43 Å². The molecule has 0 aliphatic heterocycles. The molecule has 2 aromatic rings. The molecule has 1 aromatic heterocycles. The van der Waals surface area contributed by atoms with E-state index in [0.29, 0.717) is 22.1 Å². The van der Waals surface area contributed by atoms with E-state index in [4.69, 9.17) is 22.1 Å². The van der Waals surface area contributed by atoms with Crippen LogP contribution in [0.1, 0.15) is 0 Å². The SMILES string of the molecule is Nc1ccc(-c2nnnn2CCOCC(F)F)cc1Cl. The molecule has 20 heavy (non-hydrogen) atoms. The van der Waals surface area contributed by atoms with Crippen molar-refractivity contribution in [2.45, 2.75) is 13.0 Å². The Kier molecular flexibility index (Phi) is 4.80. The maximum atomic E-state index is 11.9. The van der Waals surface area contributed by atoms with Crippen LogP contribution < -0.4 is 5.73 Å². The zero-order valence-electron chi connectivity index (χ0n) is 10.3. The number of nitrogens with two attached hydrogens (primary N) is 1. The molecule has 1 heterocycles. The van der Waals surface area contributed by atoms with Crippen LogP contribution in [0.25, 0.3) is 11.4 Å². The van der Waals surface area contributed by atoms with Gasteiger partial charge in [0.1, 0.15) is 6.61 Å². The summed E-state index contributed by atoms with van der Waals surface area (Å²) in [5.74, 6) is 0.465. The molecule has 0 aliphatic carbocycles. The smallest absolute Gasteiger partial charge is 0.261 e. The van der Waals surface area contributed by atoms with E-state index in [1.807, 2.05) is 0 Å². The molecule has 0 atom stereocenters. The second-order valence-corrected chi connectivity index (χ2v) is 4.34. The Hall–Kier alpha value is -1.80. The van der Waals surface area contributed by atoms with E-state index >= 15 is 0 Å². The lowest BCUT2D eigenvalue weighted by Gasteiger charge is -2.06. The Morgan fingerprint density at radius 2 is 2.20 bits per heavy atom. The molecule has 0 saturated heterocycles. The summed E-state index contributed by atoms with van der Waals surface area (Å²) in [6.45, 7) is -0.257. The van der Waals surface area contributed by atoms with Gasteiger partial charge in [0, 0.05) is 5.56 Å². The summed E-state index contributed by atoms with van der Waals surface area (Å²) in [5.41, 5.74) is 6.76. The van der Waals surface area contributed by atoms with Gasteiger partial charge >= 0.3 is 0 Å². The summed E-state index contributed by atoms with van der Waals surface area (Å²) in [6.07, 6.45) is -2.49. The van der Waals surface area contributed by atoms with Crippen molar-refractivity contribution in [2.75, 3.05) is 18.9 Å². The number of tetrazole rings is 1. The normalized spacial score (nSPS) is 11.2. The number of hydrogen-bond donors (Lipinski definition) is 1. The number of hydrogen-bond acceptors (Lipinski definition) is 5. The molecule has 0 spiro atoms. The molecule has 108 valence electrons. The predicted octanol–water partition coefficient (Wildman–Crippen LogP) is 1.86. The van der Waals surface area contributed by atoms with Gasteiger partial charge in [-0.2, -0.15) is 0 Å². The number of anilines is 1. The van der Waals surface area contributed by atoms with Crippen LogP contribution >= 0.6 is 11.6 Å². The highest BCUT2D eigenvalue weighted by Crippen LogP contribution is 2.25. The third-order valence-electron chi connectivity index (χ3n) is 2.48. The average Bonchev–Trinajstić information content (AvgIpc) is 2.86. The first-order valence-corrected chi connectivity index (χ1v) is 6.13. The Labute approximate surface area is 118 Å². The Balaban J connectivity index is 2.06. The molecular weight excluding hydrogens is 292 g/mol. The quantitative estimate of drug-likeness (QED) is 0.651. The van der Waals surface area contributed by atoms with Gasteiger partial charge in [-0.25, -0.2) is 13.5 Å². The van der Waals surface area contributed by atoms with Gasteiger partial charge in [-0.1, -0.05) is 11.6 Å². The van der Waals surface area contributed by atoms with Crippen LogP contribution in [0.4, 0.5) is 14.5 Å². The van der Waals surface area contributed by atoms with Gasteiger partial charge in [0.05, 0.1) is 23.9 Å². The monoisotopic (exact) mass is 303 g/mol. The highest BCUT2D eigenvalue weighted by molar-refractivity contribution is 6.33. The number of ether oxygens (including phenoxy) is 1. The number of aromatic nitrogens is 4. The Morgan fingerprint density at radius 3 is 2.90 bits per heavy atom. The minimum absolute atomic E-state index is 0.0884. The van der Waals surface area contributed by atoms with E-state index < -0.39 is 13.0 Å². The second kappa shape index (κ2) is 6.58. The van der Waals surface area contributed by atoms with Crippen LogP contribution in [0, 0.1) is 0 Å². The van der Waals surface area contributed by atoms with E-state index in [0.717, 1.165) is 0 Å². The Morgan fingerprint density at radius 1 is 1.40 bits per heavy atom. The van der Waals surface area contributed by atoms with Crippen molar-refractivity contribution in [3.8, 4) is 11.4 Å². The van der Waals surface area contributed by atoms with Gasteiger partial charge in [0.2, 0.25) is 0 Å². The molecule has 0 bridgehead atoms. The van der Waals surface area contributed by atoms with Gasteiger partial charge in [-0.15, -0.1) is 5.10 Å². The summed E-state index contributed by atoms with van der Waals surface area (Å²) < 4.78 is 30.1. The fraction of sp³-hybridized carbons (Fsp3) is 0.364. The van der Waals surface area contributed by atoms with Crippen molar-refractivity contribution in [1.29, 1.82) is 0 Å². The molecule has 2 N–H and O–H groups in total. The molecule has 6 nitrogen and oxygen atoms in total. The van der Waals surface area contributed by atoms with Gasteiger partial charge in [-0.05, 0) is 28.6 Å². The van der Waals surface area contributed by atoms with E-state index in [2.05, 4.69) is 15.5 Å². The van der Waals surface area contributed by atoms with Crippen LogP contribution in [0.3, 0.4) is 0 Å². The minimum Gasteiger partial charge on any atom is -0.398 e. The molecular formula is C11H12ClF2N5O. The molecule has 2 rings (SSSR count). The minimum atomic E-state index is -2.49. The summed E-state index contributed by atoms with van der Waals surface area (Å²) in [7, 11) is 0. The van der Waals surface area contributed by atoms with Crippen LogP contribution in [0.15, 0.2) is 18.2 Å². The zero-order valence-corrected chi connectivity index (χ0v) is 11.1. The summed E-state index contributed by atoms with van der Waals surface area (Å²) in [6, 6.07) is 5.01. The number of benzene rings is 1. The number of nitrogens with zero attached hydrogens (tertiary/aromatic N) is 4. The zero-order chi connectivity index (χ0) is 14.5. The number of alkyl halides is 2. The van der Waals surface area contributed by atoms with Crippen LogP contribution in [-0.4, -0.2) is 39.8 Å². The van der Waals surface area contributed by atoms with E-state index in [-0.39, 0.29) is 13.2 Å². The van der Waals surface area contributed by atoms with E-state index in [9.17, 15) is 8.78 Å². The molecule has 0 radical (unpaired) electrons. The lowest BCUT2D eigenvalue weighted by Crippen LogP contribution is -2.12. The average molecular weight is 304 g/mol. The first-order chi connectivity index (χ1) is 9.58. The second-order valence-electron chi connectivity index (χ2n) is 3.93. The molecule has 0 aliphatic rings. The van der Waals surface area contributed by atoms with Crippen molar-refractivity contribution in [3.05, 3.63) is 23.2 Å². The molecule has 0 amide bonds. The van der Waals surface area contributed by atoms with Crippen LogP contribution in [0.2, 0.25) is 5.02 Å². The molecule has 0 unspecified atom stereocenters. The number of halogens is 3. The fourth-order valence-corrected chi connectivity index (χ4v) is 1.73. The third-order valence-corrected chi connectivity index (χ3v) is 2.81. The van der Waals surface area contributed by atoms with Gasteiger partial charge in [-0.3, -0.25) is 0 Å². The van der Waals surface area contributed by atoms with Crippen molar-refractivity contribution in [3.63, 3.8) is 0 Å². The molecule has 0 saturated carbocycles. The maximum absolute atomic E-state index is 11.9. The highest BCUT2D eigenvalue weighted by atomic mass is 35.5. The predicted molar refractivity (Wildman–Crippen MR) is 69.5 cm³/mol. The van der Waals surface area contributed by atoms with E-state index in [1.54, 1.807) is 18.2 Å². The topological polar surface area (TPSA) is 78.9 Å². The van der Waals surface area contributed by atoms with Crippen molar-refractivity contribution >= 4 is 17.3 Å². The van der Waals surface area contributed by atoms with Crippen LogP contribution in [0.5, 0.6) is 0 Å². The molecule has 1 aromatic carbocycles. The summed E-state index contributed by atoms with van der Waals surface area (Å²) in [4.78, 5) is 0. The summed E-state index contributed by atoms with van der Waals surface area (Å²) >= 11 is 5.93. The largest absolute Gasteiger partial charge is 0.398 e. The van der Waals surface area contributed by atoms with E-state index in [1.165, 1.54) is 4.68 Å². The van der Waals surface area contributed by atoms with Crippen molar-refractivity contribution in [1.82, 2.24) is 20.2 Å². The maximum Gasteiger partial charge on any atom is 0.261 e. The lowest BCUT2D eigenvalue weighted by molar-refractivity contribution is 0.0140. The third kappa shape index (κ3) is 3.61. The highest BCUT2D eigenvalue weighted by Gasteiger charge is 2.10. The van der Waals surface area contributed by atoms with Crippen LogP contribution in [-0.2, 0) is 11.3 Å². The standard InChI is InChI=1S/C11H12ClF2N5O/c12-8-5-7(1-2-9(8)15)11-16-17-18-19(11)3-4-20-6-10(13)14/h1-2,5,10H,3-4,6,15H2. The summed E-state index contributed by atoms with van der Waals surface area (Å²) in [5, 5.41) is 11.6. The fourth-order valence-electron chi connectivity index (χ4n) is 1.55. The van der Waals surface area contributed by atoms with Gasteiger partial charge in [0.15, 0.2) is 5.82 Å². The first kappa shape index (κ1) is 14.6. The van der Waals surface area contributed by atoms with Gasteiger partial charge < -0.3 is 10.5 Å². The van der Waals surface area contributed by atoms with Crippen molar-refractivity contribution in [2.24, 2.45) is 0 Å². The first-order valence-electron chi connectivity index (χ1n) is 5.75.